The summed E-state index contributed by atoms with van der Waals surface area (Å²) < 4.78 is 28.0. The first-order chi connectivity index (χ1) is 15.7. The third kappa shape index (κ3) is 5.92. The average Bonchev–Trinajstić information content (AvgIpc) is 2.69. The molecule has 0 aromatic rings. The number of nitro groups is 8. The summed E-state index contributed by atoms with van der Waals surface area (Å²) in [6.07, 6.45) is 0. The molecule has 0 saturated heterocycles. The van der Waals surface area contributed by atoms with Gasteiger partial charge in [0.25, 0.3) is 13.1 Å². The number of nitrogens with zero attached hydrogens (tertiary/aromatic N) is 10. The highest BCUT2D eigenvalue weighted by Gasteiger charge is 2.70. The molecule has 0 aromatic heterocycles. The predicted molar refractivity (Wildman–Crippen MR) is 89.5 cm³/mol. The minimum Gasteiger partial charge on any atom is -0.258 e. The number of rotatable bonds is 16. The van der Waals surface area contributed by atoms with Gasteiger partial charge in [0, 0.05) is 0 Å². The molecule has 0 radical (unpaired) electrons. The molecule has 0 atom stereocenters. The van der Waals surface area contributed by atoms with Crippen LogP contribution in [0.1, 0.15) is 0 Å². The van der Waals surface area contributed by atoms with Gasteiger partial charge < -0.3 is 0 Å². The summed E-state index contributed by atoms with van der Waals surface area (Å²) in [5.41, 5.74) is -4.41. The number of hydrazine groups is 2. The first-order valence-corrected chi connectivity index (χ1v) is 7.72. The molecule has 0 bridgehead atoms. The minimum absolute atomic E-state index is 1.15. The molecule has 0 amide bonds. The van der Waals surface area contributed by atoms with Gasteiger partial charge in [0.05, 0.1) is 0 Å². The molecule has 0 fully saturated rings. The molecular formula is C7H8F2N10O16. The number of hydrogen-bond acceptors (Lipinski definition) is 16. The molecule has 0 aromatic carbocycles. The second kappa shape index (κ2) is 10.1. The summed E-state index contributed by atoms with van der Waals surface area (Å²) in [5, 5.41) is 81.0. The van der Waals surface area contributed by atoms with E-state index in [2.05, 4.69) is 0 Å². The van der Waals surface area contributed by atoms with Gasteiger partial charge in [-0.25, -0.2) is 20.2 Å². The lowest BCUT2D eigenvalue weighted by atomic mass is 10.1. The zero-order chi connectivity index (χ0) is 28.1. The molecule has 0 aliphatic heterocycles. The van der Waals surface area contributed by atoms with E-state index in [0.717, 1.165) is 0 Å². The second-order valence-corrected chi connectivity index (χ2v) is 6.08. The highest BCUT2D eigenvalue weighted by atomic mass is 19.2. The SMILES string of the molecule is O=[N+]([O-])N(CC(F)([N+](=O)[O-])[N+](=O)[O-])CC(CN(CC(F)([N+](=O)[O-])[N+](=O)[O-])[N+](=O)[O-])([N+](=O)[O-])[N+](=O)[O-]. The Hall–Kier alpha value is -5.34. The fourth-order valence-corrected chi connectivity index (χ4v) is 2.10. The largest absolute Gasteiger partial charge is 0.637 e. The maximum absolute atomic E-state index is 14.0. The van der Waals surface area contributed by atoms with Gasteiger partial charge in [0.2, 0.25) is 13.1 Å². The van der Waals surface area contributed by atoms with Crippen molar-refractivity contribution in [2.75, 3.05) is 26.2 Å². The predicted octanol–water partition coefficient (Wildman–Crippen LogP) is -2.42. The van der Waals surface area contributed by atoms with Crippen LogP contribution in [0, 0.1) is 80.9 Å². The molecule has 0 heterocycles. The Morgan fingerprint density at radius 2 is 0.686 bits per heavy atom. The van der Waals surface area contributed by atoms with Crippen LogP contribution in [0.15, 0.2) is 0 Å². The standard InChI is InChI=1S/C7H8F2N10O16/c8-6(14(24)25,15(26)27)3-10(18(32)33)1-5(12(20)21,13(22)23)2-11(19(34)35)4-7(9,16(28)29)17(30)31/h1-4H2. The summed E-state index contributed by atoms with van der Waals surface area (Å²) in [6, 6.07) is 0. The Labute approximate surface area is 184 Å². The van der Waals surface area contributed by atoms with Crippen LogP contribution in [-0.2, 0) is 0 Å². The monoisotopic (exact) mass is 526 g/mol. The van der Waals surface area contributed by atoms with E-state index in [0.29, 0.717) is 0 Å². The molecule has 0 aliphatic carbocycles. The first-order valence-electron chi connectivity index (χ1n) is 7.72. The van der Waals surface area contributed by atoms with E-state index in [-0.39, 0.29) is 0 Å². The van der Waals surface area contributed by atoms with E-state index >= 15 is 0 Å². The van der Waals surface area contributed by atoms with Crippen molar-refractivity contribution in [3.05, 3.63) is 80.9 Å². The lowest BCUT2D eigenvalue weighted by Gasteiger charge is -2.23. The summed E-state index contributed by atoms with van der Waals surface area (Å²) in [4.78, 5) is 73.5. The Bertz CT molecular complexity index is 868. The summed E-state index contributed by atoms with van der Waals surface area (Å²) in [5.74, 6) is -10.00. The fourth-order valence-electron chi connectivity index (χ4n) is 2.10. The molecule has 26 nitrogen and oxygen atoms in total. The Morgan fingerprint density at radius 1 is 0.457 bits per heavy atom. The van der Waals surface area contributed by atoms with Crippen LogP contribution in [-0.4, -0.2) is 93.3 Å². The smallest absolute Gasteiger partial charge is 0.258 e. The van der Waals surface area contributed by atoms with E-state index in [1.807, 2.05) is 0 Å². The van der Waals surface area contributed by atoms with E-state index in [1.165, 1.54) is 0 Å². The van der Waals surface area contributed by atoms with Crippen molar-refractivity contribution in [2.24, 2.45) is 0 Å². The normalized spacial score (nSPS) is 11.7. The van der Waals surface area contributed by atoms with Crippen molar-refractivity contribution in [3.63, 3.8) is 0 Å². The van der Waals surface area contributed by atoms with E-state index < -0.39 is 93.3 Å². The van der Waals surface area contributed by atoms with E-state index in [9.17, 15) is 89.7 Å². The summed E-state index contributed by atoms with van der Waals surface area (Å²) >= 11 is 0. The van der Waals surface area contributed by atoms with Crippen molar-refractivity contribution in [2.45, 2.75) is 17.5 Å². The van der Waals surface area contributed by atoms with Gasteiger partial charge in [-0.1, -0.05) is 18.8 Å². The maximum atomic E-state index is 14.0. The second-order valence-electron chi connectivity index (χ2n) is 6.08. The first kappa shape index (κ1) is 29.7. The van der Waals surface area contributed by atoms with Crippen LogP contribution < -0.4 is 0 Å². The number of halogens is 2. The lowest BCUT2D eigenvalue weighted by molar-refractivity contribution is -0.854. The zero-order valence-corrected chi connectivity index (χ0v) is 16.1. The third-order valence-electron chi connectivity index (χ3n) is 3.90. The summed E-state index contributed by atoms with van der Waals surface area (Å²) in [6.45, 7) is -10.4. The van der Waals surface area contributed by atoms with E-state index in [1.54, 1.807) is 0 Å². The van der Waals surface area contributed by atoms with E-state index in [4.69, 9.17) is 0 Å². The summed E-state index contributed by atoms with van der Waals surface area (Å²) in [7, 11) is 0. The van der Waals surface area contributed by atoms with Crippen molar-refractivity contribution in [1.82, 2.24) is 10.0 Å². The minimum atomic E-state index is -5.00. The third-order valence-corrected chi connectivity index (χ3v) is 3.90. The van der Waals surface area contributed by atoms with Crippen LogP contribution in [0.3, 0.4) is 0 Å². The molecule has 28 heteroatoms. The molecule has 196 valence electrons. The van der Waals surface area contributed by atoms with Crippen molar-refractivity contribution in [3.8, 4) is 0 Å². The zero-order valence-electron chi connectivity index (χ0n) is 16.1. The van der Waals surface area contributed by atoms with Gasteiger partial charge in [-0.2, -0.15) is 0 Å². The quantitative estimate of drug-likeness (QED) is 0.0872. The van der Waals surface area contributed by atoms with Crippen molar-refractivity contribution < 1.29 is 48.4 Å². The van der Waals surface area contributed by atoms with Crippen LogP contribution in [0.4, 0.5) is 8.78 Å². The Morgan fingerprint density at radius 3 is 0.829 bits per heavy atom. The van der Waals surface area contributed by atoms with Crippen molar-refractivity contribution >= 4 is 0 Å². The topological polar surface area (TPSA) is 352 Å². The molecule has 0 N–H and O–H groups in total. The maximum Gasteiger partial charge on any atom is 0.637 e. The van der Waals surface area contributed by atoms with Gasteiger partial charge >= 0.3 is 17.5 Å². The lowest BCUT2D eigenvalue weighted by Crippen LogP contribution is -2.65. The Kier molecular flexibility index (Phi) is 8.53. The molecule has 0 spiro atoms. The molecular weight excluding hydrogens is 518 g/mol. The van der Waals surface area contributed by atoms with Crippen LogP contribution in [0.5, 0.6) is 0 Å². The molecule has 0 rings (SSSR count). The highest BCUT2D eigenvalue weighted by Crippen LogP contribution is 2.23. The van der Waals surface area contributed by atoms with Gasteiger partial charge in [-0.3, -0.25) is 60.7 Å². The Balaban J connectivity index is 6.66. The molecule has 0 unspecified atom stereocenters. The fraction of sp³-hybridized carbons (Fsp3) is 1.00. The van der Waals surface area contributed by atoms with Crippen LogP contribution >= 0.6 is 0 Å². The van der Waals surface area contributed by atoms with Gasteiger partial charge in [-0.05, 0) is 0 Å². The van der Waals surface area contributed by atoms with Gasteiger partial charge in [0.1, 0.15) is 29.5 Å². The van der Waals surface area contributed by atoms with Crippen molar-refractivity contribution in [1.29, 1.82) is 0 Å². The van der Waals surface area contributed by atoms with Gasteiger partial charge in [-0.15, -0.1) is 0 Å². The average molecular weight is 526 g/mol. The number of hydrogen-bond donors (Lipinski definition) is 0. The molecule has 0 saturated carbocycles. The van der Waals surface area contributed by atoms with Crippen LogP contribution in [0.2, 0.25) is 0 Å². The molecule has 35 heavy (non-hydrogen) atoms. The van der Waals surface area contributed by atoms with Gasteiger partial charge in [0.15, 0.2) is 10.1 Å². The van der Waals surface area contributed by atoms with Crippen LogP contribution in [0.25, 0.3) is 0 Å². The molecule has 0 aliphatic rings. The highest BCUT2D eigenvalue weighted by molar-refractivity contribution is 4.76. The number of alkyl halides is 2.